The van der Waals surface area contributed by atoms with Crippen molar-refractivity contribution in [3.63, 3.8) is 0 Å². The molecule has 4 heteroatoms. The molecule has 1 aliphatic heterocycles. The van der Waals surface area contributed by atoms with Crippen LogP contribution in [0.5, 0.6) is 0 Å². The molecule has 1 atom stereocenters. The van der Waals surface area contributed by atoms with Crippen molar-refractivity contribution in [1.29, 1.82) is 0 Å². The summed E-state index contributed by atoms with van der Waals surface area (Å²) in [5.74, 6) is 0.638. The fourth-order valence-electron chi connectivity index (χ4n) is 2.53. The average molecular weight is 251 g/mol. The molecule has 0 bridgehead atoms. The van der Waals surface area contributed by atoms with Crippen molar-refractivity contribution in [3.05, 3.63) is 17.0 Å². The molecule has 0 saturated carbocycles. The van der Waals surface area contributed by atoms with Gasteiger partial charge in [0.05, 0.1) is 12.3 Å². The Morgan fingerprint density at radius 3 is 2.94 bits per heavy atom. The van der Waals surface area contributed by atoms with Crippen LogP contribution >= 0.6 is 0 Å². The predicted octanol–water partition coefficient (Wildman–Crippen LogP) is 2.04. The Labute approximate surface area is 110 Å². The molecule has 1 aromatic heterocycles. The molecule has 0 spiro atoms. The van der Waals surface area contributed by atoms with Crippen LogP contribution in [-0.2, 0) is 17.8 Å². The Morgan fingerprint density at radius 1 is 1.44 bits per heavy atom. The largest absolute Gasteiger partial charge is 0.381 e. The van der Waals surface area contributed by atoms with Gasteiger partial charge >= 0.3 is 0 Å². The van der Waals surface area contributed by atoms with Crippen LogP contribution in [0.2, 0.25) is 0 Å². The zero-order valence-electron chi connectivity index (χ0n) is 11.8. The van der Waals surface area contributed by atoms with E-state index in [1.807, 2.05) is 0 Å². The Bertz CT molecular complexity index is 381. The van der Waals surface area contributed by atoms with Crippen LogP contribution < -0.4 is 5.32 Å². The van der Waals surface area contributed by atoms with Gasteiger partial charge in [0, 0.05) is 36.9 Å². The minimum absolute atomic E-state index is 0.638. The lowest BCUT2D eigenvalue weighted by Crippen LogP contribution is -2.16. The van der Waals surface area contributed by atoms with Crippen molar-refractivity contribution < 1.29 is 4.74 Å². The Morgan fingerprint density at radius 2 is 2.28 bits per heavy atom. The molecular weight excluding hydrogens is 226 g/mol. The van der Waals surface area contributed by atoms with Crippen molar-refractivity contribution in [2.75, 3.05) is 19.8 Å². The standard InChI is InChI=1S/C14H25N3O/c1-4-6-15-8-14-11(2)16-17(12(14)3)9-13-5-7-18-10-13/h13,15H,4-10H2,1-3H3. The monoisotopic (exact) mass is 251 g/mol. The van der Waals surface area contributed by atoms with Gasteiger partial charge in [-0.15, -0.1) is 0 Å². The minimum atomic E-state index is 0.638. The molecule has 18 heavy (non-hydrogen) atoms. The van der Waals surface area contributed by atoms with Crippen molar-refractivity contribution in [2.24, 2.45) is 5.92 Å². The number of nitrogens with zero attached hydrogens (tertiary/aromatic N) is 2. The van der Waals surface area contributed by atoms with Crippen molar-refractivity contribution in [2.45, 2.75) is 46.7 Å². The van der Waals surface area contributed by atoms with Gasteiger partial charge in [-0.3, -0.25) is 4.68 Å². The highest BCUT2D eigenvalue weighted by atomic mass is 16.5. The van der Waals surface area contributed by atoms with E-state index in [4.69, 9.17) is 4.74 Å². The Hall–Kier alpha value is -0.870. The summed E-state index contributed by atoms with van der Waals surface area (Å²) in [5.41, 5.74) is 3.83. The van der Waals surface area contributed by atoms with E-state index in [1.165, 1.54) is 24.1 Å². The van der Waals surface area contributed by atoms with Crippen molar-refractivity contribution >= 4 is 0 Å². The second-order valence-electron chi connectivity index (χ2n) is 5.24. The molecule has 0 radical (unpaired) electrons. The fraction of sp³-hybridized carbons (Fsp3) is 0.786. The van der Waals surface area contributed by atoms with Crippen molar-refractivity contribution in [3.8, 4) is 0 Å². The number of ether oxygens (including phenoxy) is 1. The highest BCUT2D eigenvalue weighted by Gasteiger charge is 2.19. The van der Waals surface area contributed by atoms with Crippen LogP contribution in [0.15, 0.2) is 0 Å². The van der Waals surface area contributed by atoms with Gasteiger partial charge < -0.3 is 10.1 Å². The maximum absolute atomic E-state index is 5.43. The third-order valence-electron chi connectivity index (χ3n) is 3.72. The van der Waals surface area contributed by atoms with E-state index in [1.54, 1.807) is 0 Å². The zero-order valence-corrected chi connectivity index (χ0v) is 11.8. The molecule has 0 amide bonds. The molecule has 1 fully saturated rings. The maximum atomic E-state index is 5.43. The van der Waals surface area contributed by atoms with Gasteiger partial charge in [-0.05, 0) is 33.2 Å². The third kappa shape index (κ3) is 3.12. The van der Waals surface area contributed by atoms with Crippen LogP contribution in [0.4, 0.5) is 0 Å². The lowest BCUT2D eigenvalue weighted by atomic mass is 10.1. The van der Waals surface area contributed by atoms with E-state index in [0.717, 1.165) is 38.5 Å². The zero-order chi connectivity index (χ0) is 13.0. The topological polar surface area (TPSA) is 39.1 Å². The van der Waals surface area contributed by atoms with Gasteiger partial charge in [0.25, 0.3) is 0 Å². The molecule has 1 aromatic rings. The van der Waals surface area contributed by atoms with Gasteiger partial charge in [0.15, 0.2) is 0 Å². The normalized spacial score (nSPS) is 19.6. The first-order valence-corrected chi connectivity index (χ1v) is 7.03. The number of aromatic nitrogens is 2. The van der Waals surface area contributed by atoms with Gasteiger partial charge in [-0.2, -0.15) is 5.10 Å². The Kier molecular flexibility index (Phi) is 4.78. The summed E-state index contributed by atoms with van der Waals surface area (Å²) in [7, 11) is 0. The van der Waals surface area contributed by atoms with Gasteiger partial charge in [-0.1, -0.05) is 6.92 Å². The van der Waals surface area contributed by atoms with E-state index < -0.39 is 0 Å². The second kappa shape index (κ2) is 6.34. The van der Waals surface area contributed by atoms with Gasteiger partial charge in [0.1, 0.15) is 0 Å². The molecule has 2 heterocycles. The smallest absolute Gasteiger partial charge is 0.0641 e. The number of hydrogen-bond donors (Lipinski definition) is 1. The SMILES string of the molecule is CCCNCc1c(C)nn(CC2CCOC2)c1C. The van der Waals surface area contributed by atoms with E-state index in [0.29, 0.717) is 5.92 Å². The molecule has 2 rings (SSSR count). The molecule has 0 aromatic carbocycles. The van der Waals surface area contributed by atoms with Crippen LogP contribution in [0.25, 0.3) is 0 Å². The first kappa shape index (κ1) is 13.6. The minimum Gasteiger partial charge on any atom is -0.381 e. The number of nitrogens with one attached hydrogen (secondary N) is 1. The fourth-order valence-corrected chi connectivity index (χ4v) is 2.53. The molecule has 0 aliphatic carbocycles. The van der Waals surface area contributed by atoms with Gasteiger partial charge in [-0.25, -0.2) is 0 Å². The molecular formula is C14H25N3O. The van der Waals surface area contributed by atoms with E-state index in [-0.39, 0.29) is 0 Å². The second-order valence-corrected chi connectivity index (χ2v) is 5.24. The molecule has 1 N–H and O–H groups in total. The summed E-state index contributed by atoms with van der Waals surface area (Å²) in [6, 6.07) is 0. The number of hydrogen-bond acceptors (Lipinski definition) is 3. The van der Waals surface area contributed by atoms with Crippen LogP contribution in [0, 0.1) is 19.8 Å². The first-order valence-electron chi connectivity index (χ1n) is 7.03. The average Bonchev–Trinajstić information content (AvgIpc) is 2.93. The van der Waals surface area contributed by atoms with E-state index >= 15 is 0 Å². The van der Waals surface area contributed by atoms with Crippen LogP contribution in [0.3, 0.4) is 0 Å². The molecule has 1 saturated heterocycles. The summed E-state index contributed by atoms with van der Waals surface area (Å²) in [4.78, 5) is 0. The predicted molar refractivity (Wildman–Crippen MR) is 72.6 cm³/mol. The summed E-state index contributed by atoms with van der Waals surface area (Å²) in [6.07, 6.45) is 2.34. The third-order valence-corrected chi connectivity index (χ3v) is 3.72. The van der Waals surface area contributed by atoms with E-state index in [9.17, 15) is 0 Å². The summed E-state index contributed by atoms with van der Waals surface area (Å²) < 4.78 is 7.60. The quantitative estimate of drug-likeness (QED) is 0.786. The number of aryl methyl sites for hydroxylation is 1. The molecule has 1 unspecified atom stereocenters. The lowest BCUT2D eigenvalue weighted by molar-refractivity contribution is 0.181. The summed E-state index contributed by atoms with van der Waals surface area (Å²) in [6.45, 7) is 11.3. The molecule has 1 aliphatic rings. The first-order chi connectivity index (χ1) is 8.72. The van der Waals surface area contributed by atoms with Crippen LogP contribution in [-0.4, -0.2) is 29.5 Å². The Balaban J connectivity index is 2.00. The maximum Gasteiger partial charge on any atom is 0.0641 e. The van der Waals surface area contributed by atoms with Crippen molar-refractivity contribution in [1.82, 2.24) is 15.1 Å². The molecule has 4 nitrogen and oxygen atoms in total. The van der Waals surface area contributed by atoms with Gasteiger partial charge in [0.2, 0.25) is 0 Å². The van der Waals surface area contributed by atoms with Crippen LogP contribution in [0.1, 0.15) is 36.7 Å². The highest BCUT2D eigenvalue weighted by molar-refractivity contribution is 5.24. The summed E-state index contributed by atoms with van der Waals surface area (Å²) in [5, 5.41) is 8.14. The number of rotatable bonds is 6. The molecule has 102 valence electrons. The van der Waals surface area contributed by atoms with E-state index in [2.05, 4.69) is 35.9 Å². The summed E-state index contributed by atoms with van der Waals surface area (Å²) >= 11 is 0. The lowest BCUT2D eigenvalue weighted by Gasteiger charge is -2.10. The highest BCUT2D eigenvalue weighted by Crippen LogP contribution is 2.18.